The maximum Gasteiger partial charge on any atom is 0.420 e. The highest BCUT2D eigenvalue weighted by Gasteiger charge is 2.44. The maximum absolute atomic E-state index is 14.0. The molecule has 3 rings (SSSR count). The molecular formula is C24H12F6O10. The molecule has 40 heavy (non-hydrogen) atoms. The molecule has 0 aromatic heterocycles. The number of aromatic carboxylic acids is 4. The van der Waals surface area contributed by atoms with E-state index in [4.69, 9.17) is 9.47 Å². The summed E-state index contributed by atoms with van der Waals surface area (Å²) in [5.41, 5.74) is -8.52. The SMILES string of the molecule is O=C(O)c1cccc(Oc2cc(C(F)(F)F)c(Oc3cccc(C(=O)O)c3C(=O)O)c(C(F)(F)F)c2)c1C(=O)O. The van der Waals surface area contributed by atoms with Gasteiger partial charge in [-0.2, -0.15) is 26.3 Å². The van der Waals surface area contributed by atoms with Gasteiger partial charge in [-0.3, -0.25) is 0 Å². The maximum atomic E-state index is 14.0. The van der Waals surface area contributed by atoms with Crippen LogP contribution in [-0.4, -0.2) is 44.3 Å². The Morgan fingerprint density at radius 2 is 0.950 bits per heavy atom. The molecule has 0 bridgehead atoms. The van der Waals surface area contributed by atoms with Crippen LogP contribution in [0, 0.1) is 0 Å². The molecule has 3 aromatic carbocycles. The fraction of sp³-hybridized carbons (Fsp3) is 0.0833. The van der Waals surface area contributed by atoms with E-state index in [1.807, 2.05) is 0 Å². The molecule has 0 atom stereocenters. The lowest BCUT2D eigenvalue weighted by molar-refractivity contribution is -0.145. The van der Waals surface area contributed by atoms with Crippen LogP contribution in [0.1, 0.15) is 52.6 Å². The first kappa shape index (κ1) is 29.3. The predicted molar refractivity (Wildman–Crippen MR) is 117 cm³/mol. The average Bonchev–Trinajstić information content (AvgIpc) is 2.82. The van der Waals surface area contributed by atoms with E-state index in [0.29, 0.717) is 6.07 Å². The highest BCUT2D eigenvalue weighted by Crippen LogP contribution is 2.49. The van der Waals surface area contributed by atoms with Crippen LogP contribution in [0.15, 0.2) is 48.5 Å². The quantitative estimate of drug-likeness (QED) is 0.231. The van der Waals surface area contributed by atoms with Gasteiger partial charge in [0.15, 0.2) is 5.75 Å². The third-order valence-electron chi connectivity index (χ3n) is 5.05. The van der Waals surface area contributed by atoms with E-state index in [1.165, 1.54) is 0 Å². The van der Waals surface area contributed by atoms with Crippen molar-refractivity contribution >= 4 is 23.9 Å². The molecule has 3 aromatic rings. The lowest BCUT2D eigenvalue weighted by Gasteiger charge is -2.22. The Labute approximate surface area is 217 Å². The second-order valence-corrected chi connectivity index (χ2v) is 7.63. The summed E-state index contributed by atoms with van der Waals surface area (Å²) >= 11 is 0. The molecule has 0 saturated heterocycles. The molecular weight excluding hydrogens is 562 g/mol. The number of rotatable bonds is 8. The molecule has 16 heteroatoms. The molecule has 0 radical (unpaired) electrons. The van der Waals surface area contributed by atoms with Gasteiger partial charge in [0, 0.05) is 0 Å². The van der Waals surface area contributed by atoms with Crippen molar-refractivity contribution in [2.24, 2.45) is 0 Å². The van der Waals surface area contributed by atoms with Crippen LogP contribution in [0.4, 0.5) is 26.3 Å². The number of benzene rings is 3. The Hall–Kier alpha value is -5.28. The summed E-state index contributed by atoms with van der Waals surface area (Å²) in [6, 6.07) is 4.68. The zero-order valence-electron chi connectivity index (χ0n) is 19.1. The first-order valence-corrected chi connectivity index (χ1v) is 10.3. The summed E-state index contributed by atoms with van der Waals surface area (Å²) in [5, 5.41) is 37.1. The monoisotopic (exact) mass is 574 g/mol. The van der Waals surface area contributed by atoms with Gasteiger partial charge < -0.3 is 29.9 Å². The molecule has 0 aliphatic heterocycles. The summed E-state index contributed by atoms with van der Waals surface area (Å²) in [7, 11) is 0. The van der Waals surface area contributed by atoms with E-state index in [0.717, 1.165) is 30.3 Å². The van der Waals surface area contributed by atoms with Gasteiger partial charge in [0.1, 0.15) is 39.5 Å². The van der Waals surface area contributed by atoms with E-state index in [-0.39, 0.29) is 12.1 Å². The Bertz CT molecular complexity index is 1510. The Balaban J connectivity index is 2.31. The summed E-state index contributed by atoms with van der Waals surface area (Å²) < 4.78 is 93.7. The number of alkyl halides is 6. The Morgan fingerprint density at radius 3 is 1.27 bits per heavy atom. The zero-order chi connectivity index (χ0) is 30.2. The fourth-order valence-electron chi connectivity index (χ4n) is 3.46. The van der Waals surface area contributed by atoms with Crippen molar-refractivity contribution in [2.45, 2.75) is 12.4 Å². The minimum atomic E-state index is -5.62. The van der Waals surface area contributed by atoms with E-state index in [1.54, 1.807) is 0 Å². The smallest absolute Gasteiger partial charge is 0.420 e. The van der Waals surface area contributed by atoms with Crippen molar-refractivity contribution in [3.8, 4) is 23.0 Å². The number of hydrogen-bond donors (Lipinski definition) is 4. The van der Waals surface area contributed by atoms with Crippen molar-refractivity contribution in [3.05, 3.63) is 81.9 Å². The molecule has 0 fully saturated rings. The van der Waals surface area contributed by atoms with Crippen LogP contribution in [0.25, 0.3) is 0 Å². The first-order chi connectivity index (χ1) is 18.4. The average molecular weight is 574 g/mol. The zero-order valence-corrected chi connectivity index (χ0v) is 19.1. The highest BCUT2D eigenvalue weighted by atomic mass is 19.4. The van der Waals surface area contributed by atoms with Crippen LogP contribution in [-0.2, 0) is 12.4 Å². The van der Waals surface area contributed by atoms with E-state index in [2.05, 4.69) is 0 Å². The van der Waals surface area contributed by atoms with Gasteiger partial charge >= 0.3 is 36.2 Å². The molecule has 0 aliphatic carbocycles. The molecule has 0 saturated carbocycles. The third kappa shape index (κ3) is 5.90. The van der Waals surface area contributed by atoms with Crippen LogP contribution in [0.3, 0.4) is 0 Å². The van der Waals surface area contributed by atoms with Gasteiger partial charge in [-0.15, -0.1) is 0 Å². The summed E-state index contributed by atoms with van der Waals surface area (Å²) in [5.74, 6) is -12.9. The number of hydrogen-bond acceptors (Lipinski definition) is 6. The van der Waals surface area contributed by atoms with Gasteiger partial charge in [0.25, 0.3) is 0 Å². The largest absolute Gasteiger partial charge is 0.478 e. The van der Waals surface area contributed by atoms with Crippen LogP contribution in [0.5, 0.6) is 23.0 Å². The number of carboxylic acid groups (broad SMARTS) is 4. The van der Waals surface area contributed by atoms with Gasteiger partial charge in [-0.1, -0.05) is 12.1 Å². The van der Waals surface area contributed by atoms with Gasteiger partial charge in [-0.25, -0.2) is 19.2 Å². The molecule has 0 spiro atoms. The predicted octanol–water partition coefficient (Wildman–Crippen LogP) is 6.10. The molecule has 0 amide bonds. The van der Waals surface area contributed by atoms with Crippen LogP contribution >= 0.6 is 0 Å². The second-order valence-electron chi connectivity index (χ2n) is 7.63. The normalized spacial score (nSPS) is 11.6. The topological polar surface area (TPSA) is 168 Å². The van der Waals surface area contributed by atoms with Gasteiger partial charge in [0.2, 0.25) is 0 Å². The summed E-state index contributed by atoms with van der Waals surface area (Å²) in [4.78, 5) is 45.9. The Kier molecular flexibility index (Phi) is 7.66. The second kappa shape index (κ2) is 10.5. The molecule has 210 valence electrons. The molecule has 0 unspecified atom stereocenters. The number of carboxylic acids is 4. The first-order valence-electron chi connectivity index (χ1n) is 10.3. The van der Waals surface area contributed by atoms with Crippen molar-refractivity contribution in [1.82, 2.24) is 0 Å². The molecule has 0 heterocycles. The van der Waals surface area contributed by atoms with E-state index < -0.39 is 92.6 Å². The molecule has 4 N–H and O–H groups in total. The summed E-state index contributed by atoms with van der Waals surface area (Å²) in [6.45, 7) is 0. The van der Waals surface area contributed by atoms with Crippen molar-refractivity contribution in [2.75, 3.05) is 0 Å². The minimum absolute atomic E-state index is 0.0227. The standard InChI is InChI=1S/C24H12F6O10/c25-23(26,27)12-7-9(39-14-5-1-3-10(19(31)32)16(14)21(35)36)8-13(24(28,29)30)18(12)40-15-6-2-4-11(20(33)34)17(15)22(37)38/h1-8H,(H,31,32)(H,33,34)(H,35,36)(H,37,38). The molecule has 10 nitrogen and oxygen atoms in total. The van der Waals surface area contributed by atoms with Gasteiger partial charge in [0.05, 0.1) is 11.1 Å². The van der Waals surface area contributed by atoms with Crippen molar-refractivity contribution < 1.29 is 75.4 Å². The number of carbonyl (C=O) groups is 4. The fourth-order valence-corrected chi connectivity index (χ4v) is 3.46. The van der Waals surface area contributed by atoms with E-state index >= 15 is 0 Å². The van der Waals surface area contributed by atoms with Crippen molar-refractivity contribution in [1.29, 1.82) is 0 Å². The Morgan fingerprint density at radius 1 is 0.575 bits per heavy atom. The third-order valence-corrected chi connectivity index (χ3v) is 5.05. The van der Waals surface area contributed by atoms with Crippen LogP contribution in [0.2, 0.25) is 0 Å². The van der Waals surface area contributed by atoms with Crippen molar-refractivity contribution in [3.63, 3.8) is 0 Å². The molecule has 0 aliphatic rings. The number of halogens is 6. The lowest BCUT2D eigenvalue weighted by Crippen LogP contribution is -2.16. The lowest BCUT2D eigenvalue weighted by atomic mass is 10.0. The number of ether oxygens (including phenoxy) is 2. The highest BCUT2D eigenvalue weighted by molar-refractivity contribution is 6.04. The van der Waals surface area contributed by atoms with Crippen LogP contribution < -0.4 is 9.47 Å². The minimum Gasteiger partial charge on any atom is -0.478 e. The van der Waals surface area contributed by atoms with E-state index in [9.17, 15) is 65.9 Å². The van der Waals surface area contributed by atoms with Gasteiger partial charge in [-0.05, 0) is 36.4 Å². The summed E-state index contributed by atoms with van der Waals surface area (Å²) in [6.07, 6.45) is -11.2.